The van der Waals surface area contributed by atoms with E-state index in [1.807, 2.05) is 0 Å². The van der Waals surface area contributed by atoms with Crippen LogP contribution in [-0.4, -0.2) is 13.2 Å². The molecule has 0 heterocycles. The van der Waals surface area contributed by atoms with Crippen LogP contribution >= 0.6 is 0 Å². The molecule has 0 spiro atoms. The van der Waals surface area contributed by atoms with Gasteiger partial charge in [0, 0.05) is 0 Å². The quantitative estimate of drug-likeness (QED) is 0.0666. The van der Waals surface area contributed by atoms with Crippen molar-refractivity contribution < 1.29 is 9.78 Å². The van der Waals surface area contributed by atoms with Gasteiger partial charge < -0.3 is 0 Å². The molecule has 0 saturated carbocycles. The van der Waals surface area contributed by atoms with Gasteiger partial charge in [0.05, 0.1) is 13.2 Å². The molecule has 4 aromatic rings. The molecule has 4 rings (SSSR count). The minimum atomic E-state index is -0.00636. The van der Waals surface area contributed by atoms with Crippen molar-refractivity contribution in [1.29, 1.82) is 0 Å². The van der Waals surface area contributed by atoms with Gasteiger partial charge in [0.2, 0.25) is 0 Å². The molecule has 0 bridgehead atoms. The van der Waals surface area contributed by atoms with Gasteiger partial charge in [-0.2, -0.15) is 0 Å². The van der Waals surface area contributed by atoms with Crippen molar-refractivity contribution in [3.8, 4) is 0 Å². The summed E-state index contributed by atoms with van der Waals surface area (Å²) < 4.78 is 0. The average Bonchev–Trinajstić information content (AvgIpc) is 3.06. The van der Waals surface area contributed by atoms with Gasteiger partial charge in [-0.05, 0) is 81.4 Å². The molecule has 246 valence electrons. The van der Waals surface area contributed by atoms with Crippen molar-refractivity contribution in [2.45, 2.75) is 103 Å². The number of hydrogen-bond donors (Lipinski definition) is 0. The van der Waals surface area contributed by atoms with Crippen LogP contribution in [0, 0.1) is 11.8 Å². The predicted octanol–water partition coefficient (Wildman–Crippen LogP) is 11.6. The Kier molecular flexibility index (Phi) is 12.1. The third-order valence-electron chi connectivity index (χ3n) is 11.1. The predicted molar refractivity (Wildman–Crippen MR) is 195 cm³/mol. The normalized spacial score (nSPS) is 13.0. The van der Waals surface area contributed by atoms with Crippen LogP contribution in [0.1, 0.15) is 103 Å². The Hall–Kier alpha value is -3.20. The van der Waals surface area contributed by atoms with Gasteiger partial charge >= 0.3 is 0 Å². The van der Waals surface area contributed by atoms with E-state index in [-0.39, 0.29) is 21.7 Å². The molecule has 2 nitrogen and oxygen atoms in total. The summed E-state index contributed by atoms with van der Waals surface area (Å²) in [6, 6.07) is 43.9. The van der Waals surface area contributed by atoms with E-state index in [0.717, 1.165) is 25.7 Å². The molecule has 0 N–H and O–H groups in total. The molecule has 46 heavy (non-hydrogen) atoms. The zero-order chi connectivity index (χ0) is 33.3. The second-order valence-corrected chi connectivity index (χ2v) is 15.4. The Balaban J connectivity index is 1.36. The third-order valence-corrected chi connectivity index (χ3v) is 11.1. The first kappa shape index (κ1) is 35.7. The number of rotatable bonds is 17. The molecule has 0 aromatic heterocycles. The van der Waals surface area contributed by atoms with Gasteiger partial charge in [0.25, 0.3) is 0 Å². The molecule has 0 fully saturated rings. The van der Waals surface area contributed by atoms with Crippen LogP contribution in [0.15, 0.2) is 121 Å². The lowest BCUT2D eigenvalue weighted by atomic mass is 9.58. The van der Waals surface area contributed by atoms with Crippen molar-refractivity contribution in [2.24, 2.45) is 11.8 Å². The van der Waals surface area contributed by atoms with Gasteiger partial charge in [0.15, 0.2) is 0 Å². The van der Waals surface area contributed by atoms with E-state index in [0.29, 0.717) is 25.0 Å². The fourth-order valence-corrected chi connectivity index (χ4v) is 8.33. The van der Waals surface area contributed by atoms with Crippen molar-refractivity contribution in [3.63, 3.8) is 0 Å². The average molecular weight is 619 g/mol. The lowest BCUT2D eigenvalue weighted by Crippen LogP contribution is -2.42. The Morgan fingerprint density at radius 1 is 0.370 bits per heavy atom. The van der Waals surface area contributed by atoms with Crippen LogP contribution < -0.4 is 0 Å². The van der Waals surface area contributed by atoms with E-state index >= 15 is 0 Å². The van der Waals surface area contributed by atoms with Crippen LogP contribution in [0.5, 0.6) is 0 Å². The summed E-state index contributed by atoms with van der Waals surface area (Å²) in [5.74, 6) is 0.823. The maximum atomic E-state index is 5.84. The Morgan fingerprint density at radius 2 is 0.587 bits per heavy atom. The van der Waals surface area contributed by atoms with Gasteiger partial charge in [-0.25, -0.2) is 9.78 Å². The molecule has 2 heteroatoms. The number of benzene rings is 4. The summed E-state index contributed by atoms with van der Waals surface area (Å²) in [7, 11) is 0. The summed E-state index contributed by atoms with van der Waals surface area (Å²) in [6.07, 6.45) is 3.99. The molecule has 0 aliphatic carbocycles. The van der Waals surface area contributed by atoms with Crippen LogP contribution in [0.3, 0.4) is 0 Å². The number of hydrogen-bond acceptors (Lipinski definition) is 2. The second-order valence-electron chi connectivity index (χ2n) is 15.4. The highest BCUT2D eigenvalue weighted by Crippen LogP contribution is 2.48. The maximum Gasteiger partial charge on any atom is 0.0822 e. The van der Waals surface area contributed by atoms with Crippen molar-refractivity contribution >= 4 is 0 Å². The fraction of sp³-hybridized carbons (Fsp3) is 0.455. The minimum Gasteiger partial charge on any atom is -0.237 e. The van der Waals surface area contributed by atoms with E-state index in [4.69, 9.17) is 9.78 Å². The molecule has 0 amide bonds. The highest BCUT2D eigenvalue weighted by atomic mass is 17.2. The van der Waals surface area contributed by atoms with Crippen LogP contribution in [-0.2, 0) is 31.4 Å². The first-order chi connectivity index (χ1) is 21.9. The van der Waals surface area contributed by atoms with E-state index in [2.05, 4.69) is 177 Å². The topological polar surface area (TPSA) is 18.5 Å². The third kappa shape index (κ3) is 8.38. The molecule has 0 saturated heterocycles. The first-order valence-corrected chi connectivity index (χ1v) is 17.4. The summed E-state index contributed by atoms with van der Waals surface area (Å²) in [4.78, 5) is 11.7. The molecule has 0 radical (unpaired) electrons. The molecule has 0 aliphatic rings. The Labute approximate surface area is 280 Å². The first-order valence-electron chi connectivity index (χ1n) is 17.4. The highest BCUT2D eigenvalue weighted by molar-refractivity contribution is 5.33. The molecular formula is C44H58O2. The second kappa shape index (κ2) is 15.6. The maximum absolute atomic E-state index is 5.84. The smallest absolute Gasteiger partial charge is 0.0822 e. The summed E-state index contributed by atoms with van der Waals surface area (Å²) >= 11 is 0. The lowest BCUT2D eigenvalue weighted by Gasteiger charge is -2.46. The minimum absolute atomic E-state index is 0.00636. The standard InChI is InChI=1S/C44H58O2/c1-41(2,35-23-13-9-14-24-35)39(42(3,4)36-25-15-10-16-26-36)31-21-33-45-46-34-22-32-40(43(5,6)37-27-17-11-18-28-37)44(7,8)38-29-19-12-20-30-38/h9-20,23-30,39-40H,21-22,31-34H2,1-8H3. The molecule has 0 atom stereocenters. The zero-order valence-corrected chi connectivity index (χ0v) is 29.8. The van der Waals surface area contributed by atoms with Gasteiger partial charge in [0.1, 0.15) is 0 Å². The van der Waals surface area contributed by atoms with Crippen molar-refractivity contribution in [1.82, 2.24) is 0 Å². The Morgan fingerprint density at radius 3 is 0.804 bits per heavy atom. The zero-order valence-electron chi connectivity index (χ0n) is 29.8. The SMILES string of the molecule is CC(C)(c1ccccc1)C(CCCOOCCCC(C(C)(C)c1ccccc1)C(C)(C)c1ccccc1)C(C)(C)c1ccccc1. The van der Waals surface area contributed by atoms with E-state index in [1.165, 1.54) is 22.3 Å². The summed E-state index contributed by atoms with van der Waals surface area (Å²) in [5.41, 5.74) is 5.50. The van der Waals surface area contributed by atoms with Crippen molar-refractivity contribution in [3.05, 3.63) is 144 Å². The molecule has 0 aliphatic heterocycles. The Bertz CT molecular complexity index is 1210. The fourth-order valence-electron chi connectivity index (χ4n) is 8.33. The molecule has 4 aromatic carbocycles. The lowest BCUT2D eigenvalue weighted by molar-refractivity contribution is -0.296. The van der Waals surface area contributed by atoms with Crippen LogP contribution in [0.2, 0.25) is 0 Å². The highest BCUT2D eigenvalue weighted by Gasteiger charge is 2.43. The van der Waals surface area contributed by atoms with Gasteiger partial charge in [-0.15, -0.1) is 0 Å². The van der Waals surface area contributed by atoms with E-state index in [9.17, 15) is 0 Å². The van der Waals surface area contributed by atoms with E-state index < -0.39 is 0 Å². The van der Waals surface area contributed by atoms with Gasteiger partial charge in [-0.1, -0.05) is 177 Å². The largest absolute Gasteiger partial charge is 0.237 e. The summed E-state index contributed by atoms with van der Waals surface area (Å²) in [5, 5.41) is 0. The molecule has 0 unspecified atom stereocenters. The van der Waals surface area contributed by atoms with Crippen molar-refractivity contribution in [2.75, 3.05) is 13.2 Å². The van der Waals surface area contributed by atoms with E-state index in [1.54, 1.807) is 0 Å². The monoisotopic (exact) mass is 618 g/mol. The van der Waals surface area contributed by atoms with Gasteiger partial charge in [-0.3, -0.25) is 0 Å². The van der Waals surface area contributed by atoms with Crippen LogP contribution in [0.25, 0.3) is 0 Å². The summed E-state index contributed by atoms with van der Waals surface area (Å²) in [6.45, 7) is 20.4. The molecular weight excluding hydrogens is 560 g/mol. The van der Waals surface area contributed by atoms with Crippen LogP contribution in [0.4, 0.5) is 0 Å².